The maximum atomic E-state index is 5.83. The predicted octanol–water partition coefficient (Wildman–Crippen LogP) is 3.94. The normalized spacial score (nSPS) is 12.3. The molecule has 1 atom stereocenters. The van der Waals surface area contributed by atoms with Gasteiger partial charge in [0.05, 0.1) is 13.2 Å². The summed E-state index contributed by atoms with van der Waals surface area (Å²) in [7, 11) is 1.70. The minimum atomic E-state index is -0.115. The van der Waals surface area contributed by atoms with E-state index < -0.39 is 0 Å². The van der Waals surface area contributed by atoms with Crippen LogP contribution in [0.3, 0.4) is 0 Å². The molecule has 2 rings (SSSR count). The second kappa shape index (κ2) is 6.60. The summed E-state index contributed by atoms with van der Waals surface area (Å²) in [4.78, 5) is 0. The largest absolute Gasteiger partial charge is 0.496 e. The van der Waals surface area contributed by atoms with Crippen LogP contribution < -0.4 is 16.0 Å². The maximum Gasteiger partial charge on any atom is 0.127 e. The van der Waals surface area contributed by atoms with E-state index in [1.807, 2.05) is 0 Å². The molecule has 0 aromatic heterocycles. The van der Waals surface area contributed by atoms with Crippen molar-refractivity contribution in [2.75, 3.05) is 7.11 Å². The molecule has 0 heterocycles. The van der Waals surface area contributed by atoms with E-state index in [1.54, 1.807) is 7.11 Å². The third-order valence-electron chi connectivity index (χ3n) is 3.79. The fourth-order valence-corrected chi connectivity index (χ4v) is 3.23. The average molecular weight is 349 g/mol. The van der Waals surface area contributed by atoms with Crippen LogP contribution in [0.15, 0.2) is 34.8 Å². The lowest BCUT2D eigenvalue weighted by Crippen LogP contribution is -2.29. The topological polar surface area (TPSA) is 47.3 Å². The summed E-state index contributed by atoms with van der Waals surface area (Å²) in [5.41, 5.74) is 8.58. The van der Waals surface area contributed by atoms with Gasteiger partial charge in [-0.15, -0.1) is 0 Å². The van der Waals surface area contributed by atoms with Crippen LogP contribution in [-0.2, 0) is 0 Å². The second-order valence-electron chi connectivity index (χ2n) is 5.29. The van der Waals surface area contributed by atoms with Crippen LogP contribution in [0.2, 0.25) is 0 Å². The van der Waals surface area contributed by atoms with E-state index in [-0.39, 0.29) is 6.04 Å². The van der Waals surface area contributed by atoms with Gasteiger partial charge in [-0.2, -0.15) is 0 Å². The maximum absolute atomic E-state index is 5.83. The Morgan fingerprint density at radius 2 is 1.86 bits per heavy atom. The Morgan fingerprint density at radius 1 is 1.14 bits per heavy atom. The number of ether oxygens (including phenoxy) is 1. The highest BCUT2D eigenvalue weighted by Gasteiger charge is 2.19. The zero-order valence-electron chi connectivity index (χ0n) is 12.8. The zero-order valence-corrected chi connectivity index (χ0v) is 14.4. The summed E-state index contributed by atoms with van der Waals surface area (Å²) in [6.07, 6.45) is 0. The average Bonchev–Trinajstić information content (AvgIpc) is 2.43. The first-order valence-electron chi connectivity index (χ1n) is 6.85. The number of benzene rings is 2. The fraction of sp³-hybridized carbons (Fsp3) is 0.294. The van der Waals surface area contributed by atoms with E-state index in [0.29, 0.717) is 0 Å². The Bertz CT molecular complexity index is 635. The van der Waals surface area contributed by atoms with Gasteiger partial charge >= 0.3 is 0 Å². The van der Waals surface area contributed by atoms with Gasteiger partial charge < -0.3 is 4.74 Å². The predicted molar refractivity (Wildman–Crippen MR) is 90.5 cm³/mol. The minimum Gasteiger partial charge on any atom is -0.496 e. The van der Waals surface area contributed by atoms with Crippen molar-refractivity contribution in [2.24, 2.45) is 5.84 Å². The standard InChI is InChI=1S/C17H21BrN2O/c1-10-7-13(9-14(18)8-10)16(20-19)15-6-5-11(2)12(3)17(15)21-4/h5-9,16,20H,19H2,1-4H3. The first kappa shape index (κ1) is 16.0. The number of nitrogens with two attached hydrogens (primary N) is 1. The van der Waals surface area contributed by atoms with Crippen molar-refractivity contribution in [1.82, 2.24) is 5.43 Å². The molecule has 21 heavy (non-hydrogen) atoms. The Hall–Kier alpha value is -1.36. The fourth-order valence-electron chi connectivity index (χ4n) is 2.61. The summed E-state index contributed by atoms with van der Waals surface area (Å²) < 4.78 is 6.66. The van der Waals surface area contributed by atoms with Gasteiger partial charge in [0.1, 0.15) is 5.75 Å². The van der Waals surface area contributed by atoms with E-state index in [4.69, 9.17) is 10.6 Å². The van der Waals surface area contributed by atoms with Crippen molar-refractivity contribution in [3.05, 3.63) is 62.6 Å². The van der Waals surface area contributed by atoms with Gasteiger partial charge in [0, 0.05) is 10.0 Å². The Balaban J connectivity index is 2.59. The van der Waals surface area contributed by atoms with Gasteiger partial charge in [-0.3, -0.25) is 5.84 Å². The quantitative estimate of drug-likeness (QED) is 0.649. The number of hydrogen-bond acceptors (Lipinski definition) is 3. The number of rotatable bonds is 4. The molecule has 0 saturated carbocycles. The van der Waals surface area contributed by atoms with Crippen LogP contribution in [0.25, 0.3) is 0 Å². The molecule has 4 heteroatoms. The minimum absolute atomic E-state index is 0.115. The number of aryl methyl sites for hydroxylation is 2. The lowest BCUT2D eigenvalue weighted by molar-refractivity contribution is 0.400. The Labute approximate surface area is 134 Å². The molecule has 2 aromatic rings. The molecule has 112 valence electrons. The molecule has 0 amide bonds. The van der Waals surface area contributed by atoms with Crippen LogP contribution >= 0.6 is 15.9 Å². The van der Waals surface area contributed by atoms with Gasteiger partial charge in [-0.05, 0) is 55.2 Å². The zero-order chi connectivity index (χ0) is 15.6. The van der Waals surface area contributed by atoms with Crippen molar-refractivity contribution in [1.29, 1.82) is 0 Å². The third kappa shape index (κ3) is 3.28. The summed E-state index contributed by atoms with van der Waals surface area (Å²) in [5.74, 6) is 6.71. The van der Waals surface area contributed by atoms with Crippen molar-refractivity contribution < 1.29 is 4.74 Å². The SMILES string of the molecule is COc1c(C(NN)c2cc(C)cc(Br)c2)ccc(C)c1C. The van der Waals surface area contributed by atoms with Gasteiger partial charge in [0.15, 0.2) is 0 Å². The van der Waals surface area contributed by atoms with E-state index >= 15 is 0 Å². The first-order chi connectivity index (χ1) is 9.97. The number of halogens is 1. The van der Waals surface area contributed by atoms with E-state index in [9.17, 15) is 0 Å². The lowest BCUT2D eigenvalue weighted by Gasteiger charge is -2.22. The van der Waals surface area contributed by atoms with Gasteiger partial charge in [-0.25, -0.2) is 5.43 Å². The number of hydrazine groups is 1. The van der Waals surface area contributed by atoms with Crippen LogP contribution in [-0.4, -0.2) is 7.11 Å². The molecular formula is C17H21BrN2O. The van der Waals surface area contributed by atoms with E-state index in [2.05, 4.69) is 72.5 Å². The summed E-state index contributed by atoms with van der Waals surface area (Å²) in [6, 6.07) is 10.3. The molecule has 0 aliphatic rings. The molecule has 0 spiro atoms. The van der Waals surface area contributed by atoms with Crippen molar-refractivity contribution in [3.63, 3.8) is 0 Å². The molecule has 1 unspecified atom stereocenters. The van der Waals surface area contributed by atoms with Gasteiger partial charge in [-0.1, -0.05) is 34.1 Å². The monoisotopic (exact) mass is 348 g/mol. The molecule has 0 radical (unpaired) electrons. The van der Waals surface area contributed by atoms with Gasteiger partial charge in [0.2, 0.25) is 0 Å². The molecule has 0 saturated heterocycles. The molecule has 3 nitrogen and oxygen atoms in total. The Kier molecular flexibility index (Phi) is 5.04. The lowest BCUT2D eigenvalue weighted by atomic mass is 9.94. The number of methoxy groups -OCH3 is 1. The first-order valence-corrected chi connectivity index (χ1v) is 7.64. The molecule has 3 N–H and O–H groups in total. The highest BCUT2D eigenvalue weighted by molar-refractivity contribution is 9.10. The van der Waals surface area contributed by atoms with Gasteiger partial charge in [0.25, 0.3) is 0 Å². The molecule has 2 aromatic carbocycles. The van der Waals surface area contributed by atoms with Crippen LogP contribution in [0.1, 0.15) is 33.9 Å². The van der Waals surface area contributed by atoms with Crippen molar-refractivity contribution in [2.45, 2.75) is 26.8 Å². The smallest absolute Gasteiger partial charge is 0.127 e. The summed E-state index contributed by atoms with van der Waals surface area (Å²) >= 11 is 3.54. The number of hydrogen-bond donors (Lipinski definition) is 2. The summed E-state index contributed by atoms with van der Waals surface area (Å²) in [5, 5.41) is 0. The van der Waals surface area contributed by atoms with Crippen LogP contribution in [0.5, 0.6) is 5.75 Å². The van der Waals surface area contributed by atoms with Crippen molar-refractivity contribution in [3.8, 4) is 5.75 Å². The number of nitrogens with one attached hydrogen (secondary N) is 1. The van der Waals surface area contributed by atoms with Crippen molar-refractivity contribution >= 4 is 15.9 Å². The van der Waals surface area contributed by atoms with E-state index in [0.717, 1.165) is 26.9 Å². The van der Waals surface area contributed by atoms with Crippen LogP contribution in [0, 0.1) is 20.8 Å². The molecule has 0 fully saturated rings. The van der Waals surface area contributed by atoms with Crippen LogP contribution in [0.4, 0.5) is 0 Å². The third-order valence-corrected chi connectivity index (χ3v) is 4.24. The molecule has 0 aliphatic carbocycles. The molecule has 0 bridgehead atoms. The van der Waals surface area contributed by atoms with E-state index in [1.165, 1.54) is 11.1 Å². The Morgan fingerprint density at radius 3 is 2.43 bits per heavy atom. The second-order valence-corrected chi connectivity index (χ2v) is 6.21. The highest BCUT2D eigenvalue weighted by atomic mass is 79.9. The highest BCUT2D eigenvalue weighted by Crippen LogP contribution is 2.34. The molecule has 0 aliphatic heterocycles. The summed E-state index contributed by atoms with van der Waals surface area (Å²) in [6.45, 7) is 6.21. The molecular weight excluding hydrogens is 328 g/mol.